The number of rotatable bonds is 4. The van der Waals surface area contributed by atoms with Gasteiger partial charge in [0.2, 0.25) is 5.88 Å². The molecule has 1 fully saturated rings. The summed E-state index contributed by atoms with van der Waals surface area (Å²) in [5.74, 6) is 1.28. The molecule has 0 radical (unpaired) electrons. The molecule has 1 aromatic carbocycles. The molecular formula is C19H20N4O3. The number of aromatic nitrogens is 3. The van der Waals surface area contributed by atoms with E-state index < -0.39 is 0 Å². The number of piperidine rings is 1. The second kappa shape index (κ2) is 7.03. The van der Waals surface area contributed by atoms with Gasteiger partial charge in [-0.05, 0) is 31.0 Å². The van der Waals surface area contributed by atoms with Crippen LogP contribution in [-0.4, -0.2) is 52.1 Å². The highest BCUT2D eigenvalue weighted by atomic mass is 16.5. The van der Waals surface area contributed by atoms with Crippen LogP contribution in [0.3, 0.4) is 0 Å². The standard InChI is InChI=1S/C19H20N4O3/c1-25-14-5-4-13-9-17(22-16(13)10-14)19(24)23-8-2-3-15(11-23)26-18-6-7-20-12-21-18/h4-7,9-10,12,15,22H,2-3,8,11H2,1H3. The number of H-pyrrole nitrogens is 1. The van der Waals surface area contributed by atoms with Crippen LogP contribution in [0, 0.1) is 0 Å². The van der Waals surface area contributed by atoms with E-state index in [0.29, 0.717) is 18.1 Å². The van der Waals surface area contributed by atoms with Crippen molar-refractivity contribution in [3.63, 3.8) is 0 Å². The van der Waals surface area contributed by atoms with Gasteiger partial charge in [-0.15, -0.1) is 0 Å². The lowest BCUT2D eigenvalue weighted by Gasteiger charge is -2.32. The van der Waals surface area contributed by atoms with Gasteiger partial charge in [-0.25, -0.2) is 9.97 Å². The molecule has 1 N–H and O–H groups in total. The first-order chi connectivity index (χ1) is 12.7. The summed E-state index contributed by atoms with van der Waals surface area (Å²) in [6.45, 7) is 1.27. The van der Waals surface area contributed by atoms with Crippen LogP contribution in [0.1, 0.15) is 23.3 Å². The highest BCUT2D eigenvalue weighted by Crippen LogP contribution is 2.23. The Morgan fingerprint density at radius 2 is 2.23 bits per heavy atom. The molecule has 26 heavy (non-hydrogen) atoms. The Hall–Kier alpha value is -3.09. The molecule has 7 heteroatoms. The fourth-order valence-corrected chi connectivity index (χ4v) is 3.26. The van der Waals surface area contributed by atoms with Gasteiger partial charge in [0.25, 0.3) is 5.91 Å². The van der Waals surface area contributed by atoms with Crippen molar-refractivity contribution in [3.8, 4) is 11.6 Å². The van der Waals surface area contributed by atoms with Crippen LogP contribution in [0.2, 0.25) is 0 Å². The van der Waals surface area contributed by atoms with Crippen LogP contribution in [0.4, 0.5) is 0 Å². The molecule has 3 heterocycles. The zero-order valence-corrected chi connectivity index (χ0v) is 14.5. The zero-order valence-electron chi connectivity index (χ0n) is 14.5. The number of ether oxygens (including phenoxy) is 2. The van der Waals surface area contributed by atoms with Crippen LogP contribution in [0.15, 0.2) is 42.9 Å². The van der Waals surface area contributed by atoms with Gasteiger partial charge in [0.05, 0.1) is 13.7 Å². The third-order valence-corrected chi connectivity index (χ3v) is 4.57. The summed E-state index contributed by atoms with van der Waals surface area (Å²) in [5.41, 5.74) is 1.47. The van der Waals surface area contributed by atoms with Crippen LogP contribution in [-0.2, 0) is 0 Å². The lowest BCUT2D eigenvalue weighted by Crippen LogP contribution is -2.44. The molecule has 4 rings (SSSR count). The first-order valence-electron chi connectivity index (χ1n) is 8.61. The van der Waals surface area contributed by atoms with E-state index in [1.807, 2.05) is 29.2 Å². The first-order valence-corrected chi connectivity index (χ1v) is 8.61. The quantitative estimate of drug-likeness (QED) is 0.781. The molecule has 0 bridgehead atoms. The fourth-order valence-electron chi connectivity index (χ4n) is 3.26. The maximum Gasteiger partial charge on any atom is 0.270 e. The van der Waals surface area contributed by atoms with E-state index in [-0.39, 0.29) is 12.0 Å². The third kappa shape index (κ3) is 3.33. The maximum atomic E-state index is 12.9. The molecule has 1 saturated heterocycles. The molecule has 0 saturated carbocycles. The number of methoxy groups -OCH3 is 1. The van der Waals surface area contributed by atoms with Crippen molar-refractivity contribution in [3.05, 3.63) is 48.5 Å². The van der Waals surface area contributed by atoms with Gasteiger partial charge in [0, 0.05) is 35.8 Å². The number of aromatic amines is 1. The van der Waals surface area contributed by atoms with Crippen molar-refractivity contribution >= 4 is 16.8 Å². The zero-order chi connectivity index (χ0) is 17.9. The molecular weight excluding hydrogens is 332 g/mol. The van der Waals surface area contributed by atoms with E-state index in [9.17, 15) is 4.79 Å². The van der Waals surface area contributed by atoms with Crippen molar-refractivity contribution in [2.75, 3.05) is 20.2 Å². The minimum atomic E-state index is -0.0629. The van der Waals surface area contributed by atoms with Crippen molar-refractivity contribution in [1.82, 2.24) is 19.9 Å². The number of hydrogen-bond donors (Lipinski definition) is 1. The number of nitrogens with one attached hydrogen (secondary N) is 1. The summed E-state index contributed by atoms with van der Waals surface area (Å²) < 4.78 is 11.1. The molecule has 0 spiro atoms. The van der Waals surface area contributed by atoms with Crippen molar-refractivity contribution in [1.29, 1.82) is 0 Å². The summed E-state index contributed by atoms with van der Waals surface area (Å²) in [6, 6.07) is 9.33. The lowest BCUT2D eigenvalue weighted by molar-refractivity contribution is 0.0523. The second-order valence-corrected chi connectivity index (χ2v) is 6.32. The van der Waals surface area contributed by atoms with Gasteiger partial charge in [-0.3, -0.25) is 4.79 Å². The van der Waals surface area contributed by atoms with E-state index in [1.165, 1.54) is 6.33 Å². The molecule has 1 unspecified atom stereocenters. The van der Waals surface area contributed by atoms with E-state index in [1.54, 1.807) is 19.4 Å². The Morgan fingerprint density at radius 1 is 1.31 bits per heavy atom. The number of benzene rings is 1. The molecule has 1 aliphatic heterocycles. The average molecular weight is 352 g/mol. The van der Waals surface area contributed by atoms with Gasteiger partial charge in [0.1, 0.15) is 23.9 Å². The van der Waals surface area contributed by atoms with E-state index in [4.69, 9.17) is 9.47 Å². The predicted octanol–water partition coefficient (Wildman–Crippen LogP) is 2.65. The summed E-state index contributed by atoms with van der Waals surface area (Å²) >= 11 is 0. The lowest BCUT2D eigenvalue weighted by atomic mass is 10.1. The SMILES string of the molecule is COc1ccc2cc(C(=O)N3CCCC(Oc4ccncn4)C3)[nH]c2c1. The molecule has 134 valence electrons. The highest BCUT2D eigenvalue weighted by Gasteiger charge is 2.26. The molecule has 7 nitrogen and oxygen atoms in total. The molecule has 2 aromatic heterocycles. The highest BCUT2D eigenvalue weighted by molar-refractivity contribution is 5.98. The summed E-state index contributed by atoms with van der Waals surface area (Å²) in [4.78, 5) is 25.9. The normalized spacial score (nSPS) is 17.3. The van der Waals surface area contributed by atoms with Crippen LogP contribution < -0.4 is 9.47 Å². The Bertz CT molecular complexity index is 910. The molecule has 3 aromatic rings. The van der Waals surface area contributed by atoms with Gasteiger partial charge in [0.15, 0.2) is 0 Å². The molecule has 1 aliphatic rings. The number of amides is 1. The van der Waals surface area contributed by atoms with Crippen LogP contribution >= 0.6 is 0 Å². The average Bonchev–Trinajstić information content (AvgIpc) is 3.11. The van der Waals surface area contributed by atoms with Gasteiger partial charge in [-0.2, -0.15) is 0 Å². The van der Waals surface area contributed by atoms with Gasteiger partial charge < -0.3 is 19.4 Å². The fraction of sp³-hybridized carbons (Fsp3) is 0.316. The molecule has 1 amide bonds. The number of carbonyl (C=O) groups is 1. The topological polar surface area (TPSA) is 80.3 Å². The third-order valence-electron chi connectivity index (χ3n) is 4.57. The van der Waals surface area contributed by atoms with Crippen molar-refractivity contribution < 1.29 is 14.3 Å². The predicted molar refractivity (Wildman–Crippen MR) is 96.4 cm³/mol. The monoisotopic (exact) mass is 352 g/mol. The molecule has 1 atom stereocenters. The maximum absolute atomic E-state index is 12.9. The summed E-state index contributed by atoms with van der Waals surface area (Å²) in [5, 5.41) is 0.986. The smallest absolute Gasteiger partial charge is 0.270 e. The van der Waals surface area contributed by atoms with Crippen LogP contribution in [0.5, 0.6) is 11.6 Å². The number of hydrogen-bond acceptors (Lipinski definition) is 5. The van der Waals surface area contributed by atoms with E-state index >= 15 is 0 Å². The van der Waals surface area contributed by atoms with E-state index in [0.717, 1.165) is 36.0 Å². The Balaban J connectivity index is 1.48. The number of nitrogens with zero attached hydrogens (tertiary/aromatic N) is 3. The second-order valence-electron chi connectivity index (χ2n) is 6.32. The Morgan fingerprint density at radius 3 is 3.04 bits per heavy atom. The summed E-state index contributed by atoms with van der Waals surface area (Å²) in [6.07, 6.45) is 4.84. The number of fused-ring (bicyclic) bond motifs is 1. The van der Waals surface area contributed by atoms with Crippen molar-refractivity contribution in [2.24, 2.45) is 0 Å². The van der Waals surface area contributed by atoms with Gasteiger partial charge >= 0.3 is 0 Å². The minimum absolute atomic E-state index is 0.0174. The van der Waals surface area contributed by atoms with Crippen LogP contribution in [0.25, 0.3) is 10.9 Å². The van der Waals surface area contributed by atoms with Crippen molar-refractivity contribution in [2.45, 2.75) is 18.9 Å². The van der Waals surface area contributed by atoms with Gasteiger partial charge in [-0.1, -0.05) is 0 Å². The van der Waals surface area contributed by atoms with E-state index in [2.05, 4.69) is 15.0 Å². The number of likely N-dealkylation sites (tertiary alicyclic amines) is 1. The first kappa shape index (κ1) is 16.4. The number of carbonyl (C=O) groups excluding carboxylic acids is 1. The summed E-state index contributed by atoms with van der Waals surface area (Å²) in [7, 11) is 1.63. The Labute approximate surface area is 151 Å². The largest absolute Gasteiger partial charge is 0.497 e. The minimum Gasteiger partial charge on any atom is -0.497 e. The Kier molecular flexibility index (Phi) is 4.43. The molecule has 0 aliphatic carbocycles.